The van der Waals surface area contributed by atoms with Gasteiger partial charge in [-0.15, -0.1) is 90.7 Å². The first-order valence-electron chi connectivity index (χ1n) is 52.8. The molecule has 0 amide bonds. The van der Waals surface area contributed by atoms with Crippen LogP contribution in [0, 0.1) is 77.2 Å². The number of ketones is 2. The number of carbonyl (C=O) groups is 3. The number of hydrogen-bond acceptors (Lipinski definition) is 14. The van der Waals surface area contributed by atoms with E-state index in [0.29, 0.717) is 13.9 Å². The fourth-order valence-corrected chi connectivity index (χ4v) is 32.2. The molecule has 20 heteroatoms. The van der Waals surface area contributed by atoms with Gasteiger partial charge in [-0.25, -0.2) is 42.6 Å². The number of thiophene rings is 8. The minimum absolute atomic E-state index is 0.0113. The molecule has 0 spiro atoms. The van der Waals surface area contributed by atoms with Gasteiger partial charge in [0.1, 0.15) is 4.88 Å². The maximum Gasteiger partial charge on any atom is 0.348 e. The number of aryl methyl sites for hydroxylation is 5. The molecule has 7 aromatic carbocycles. The molecule has 19 rings (SSSR count). The summed E-state index contributed by atoms with van der Waals surface area (Å²) in [4.78, 5) is 57.4. The first kappa shape index (κ1) is 104. The van der Waals surface area contributed by atoms with Gasteiger partial charge >= 0.3 is 5.97 Å². The van der Waals surface area contributed by atoms with Gasteiger partial charge in [-0.05, 0) is 257 Å². The number of halogens is 4. The van der Waals surface area contributed by atoms with Gasteiger partial charge in [0.25, 0.3) is 11.4 Å². The Balaban J connectivity index is 0.870. The van der Waals surface area contributed by atoms with E-state index in [0.717, 1.165) is 269 Å². The first-order valence-corrected chi connectivity index (χ1v) is 59.3. The maximum absolute atomic E-state index is 15.3. The Morgan fingerprint density at radius 2 is 0.687 bits per heavy atom. The number of nitrogens with zero attached hydrogens (tertiary/aromatic N) is 4. The molecule has 746 valence electrons. The van der Waals surface area contributed by atoms with Crippen LogP contribution in [-0.4, -0.2) is 24.1 Å². The average molecular weight is 2100 g/mol. The topological polar surface area (TPSA) is 117 Å². The largest absolute Gasteiger partial charge is 0.462 e. The fraction of sp³-hybridized carbons (Fsp3) is 0.331. The Bertz CT molecular complexity index is 8200. The van der Waals surface area contributed by atoms with Crippen LogP contribution in [0.2, 0.25) is 0 Å². The molecule has 8 aromatic heterocycles. The van der Waals surface area contributed by atoms with E-state index in [1.165, 1.54) is 151 Å². The summed E-state index contributed by atoms with van der Waals surface area (Å²) in [6, 6.07) is 68.0. The summed E-state index contributed by atoms with van der Waals surface area (Å²) in [5.74, 6) is -6.37. The minimum Gasteiger partial charge on any atom is -0.462 e. The number of Topliss-reactive ketones (excluding diaryl/α,β-unsaturated/α-hetero) is 2. The highest BCUT2D eigenvalue weighted by Gasteiger charge is 2.54. The lowest BCUT2D eigenvalue weighted by Crippen LogP contribution is -2.30. The van der Waals surface area contributed by atoms with Crippen molar-refractivity contribution in [3.63, 3.8) is 0 Å². The van der Waals surface area contributed by atoms with Crippen molar-refractivity contribution >= 4 is 163 Å². The van der Waals surface area contributed by atoms with E-state index in [-0.39, 0.29) is 56.9 Å². The van der Waals surface area contributed by atoms with Crippen molar-refractivity contribution < 1.29 is 36.7 Å². The van der Waals surface area contributed by atoms with Crippen LogP contribution in [0.15, 0.2) is 193 Å². The van der Waals surface area contributed by atoms with Crippen LogP contribution in [-0.2, 0) is 47.7 Å². The summed E-state index contributed by atoms with van der Waals surface area (Å²) in [6.45, 7) is 30.0. The van der Waals surface area contributed by atoms with Crippen molar-refractivity contribution in [3.8, 4) is 33.0 Å². The molecule has 147 heavy (non-hydrogen) atoms. The summed E-state index contributed by atoms with van der Waals surface area (Å²) in [5.41, 5.74) is 14.2. The third-order valence-electron chi connectivity index (χ3n) is 29.9. The Labute approximate surface area is 890 Å². The number of allylic oxidation sites excluding steroid dienone is 4. The first-order chi connectivity index (χ1) is 71.8. The van der Waals surface area contributed by atoms with Crippen molar-refractivity contribution in [2.75, 3.05) is 6.61 Å². The van der Waals surface area contributed by atoms with Gasteiger partial charge in [-0.2, -0.15) is 0 Å². The monoisotopic (exact) mass is 2090 g/mol. The molecule has 0 bridgehead atoms. The number of rotatable bonds is 41. The summed E-state index contributed by atoms with van der Waals surface area (Å²) in [5, 5.41) is 22.9. The number of hydrogen-bond donors (Lipinski definition) is 0. The number of nitriles is 2. The third-order valence-corrected chi connectivity index (χ3v) is 39.6. The summed E-state index contributed by atoms with van der Waals surface area (Å²) in [6.07, 6.45) is 40.8. The van der Waals surface area contributed by atoms with E-state index >= 15 is 17.6 Å². The van der Waals surface area contributed by atoms with Crippen molar-refractivity contribution in [1.82, 2.24) is 0 Å². The Morgan fingerprint density at radius 1 is 0.354 bits per heavy atom. The van der Waals surface area contributed by atoms with E-state index in [9.17, 15) is 24.9 Å². The van der Waals surface area contributed by atoms with Crippen LogP contribution in [0.1, 0.15) is 344 Å². The predicted octanol–water partition coefficient (Wildman–Crippen LogP) is 34.3. The Kier molecular flexibility index (Phi) is 32.8. The molecule has 0 aliphatic heterocycles. The van der Waals surface area contributed by atoms with Crippen molar-refractivity contribution in [1.29, 1.82) is 10.5 Å². The molecule has 0 atom stereocenters. The van der Waals surface area contributed by atoms with Gasteiger partial charge in [0.05, 0.1) is 61.2 Å². The van der Waals surface area contributed by atoms with Gasteiger partial charge in [-0.1, -0.05) is 280 Å². The SMILES string of the molecule is [C-]#[N+]/C(C#N)=C1\C(=c2\cc/c(=c3\s/c(=C/c4cc5c(s4)-c4cc6c(cc4C5(c4ccc(CCCCCC)cc4)c4ccc(CCCCCC)cc4)-c4sc(/C=c5/s/c(=c7\cc/c(=C8\C(=O)c9cc(F)c(F)cc9\C8=C(\C#N)[N+]#[C-])s7)c7cc(CCCCCCCC)sc57)cc4C6(c4ccc(CCCCCC)cc4)c4ccc(CCCCCC)cc4)c4sc(C(=O)OCCCCCCCC)cc34)s2)C(=O)c2cc(F)c(F)cc21. The zero-order valence-corrected chi connectivity index (χ0v) is 90.7. The second kappa shape index (κ2) is 46.5. The van der Waals surface area contributed by atoms with Gasteiger partial charge < -0.3 is 4.74 Å². The molecule has 0 saturated heterocycles. The molecule has 4 aliphatic carbocycles. The number of esters is 1. The zero-order valence-electron chi connectivity index (χ0n) is 84.2. The molecule has 0 saturated carbocycles. The smallest absolute Gasteiger partial charge is 0.348 e. The van der Waals surface area contributed by atoms with Gasteiger partial charge in [0.2, 0.25) is 0 Å². The second-order valence-electron chi connectivity index (χ2n) is 39.6. The van der Waals surface area contributed by atoms with E-state index in [4.69, 9.17) is 17.9 Å². The predicted molar refractivity (Wildman–Crippen MR) is 604 cm³/mol. The Hall–Kier alpha value is -11.9. The fourth-order valence-electron chi connectivity index (χ4n) is 22.4. The molecule has 15 aromatic rings. The second-order valence-corrected chi connectivity index (χ2v) is 48.2. The molecule has 8 nitrogen and oxygen atoms in total. The lowest BCUT2D eigenvalue weighted by Gasteiger charge is -2.35. The van der Waals surface area contributed by atoms with Crippen LogP contribution in [0.3, 0.4) is 0 Å². The lowest BCUT2D eigenvalue weighted by molar-refractivity contribution is 0.0503. The lowest BCUT2D eigenvalue weighted by atomic mass is 9.65. The molecule has 8 heterocycles. The van der Waals surface area contributed by atoms with Gasteiger partial charge in [0.15, 0.2) is 34.8 Å². The van der Waals surface area contributed by atoms with E-state index < -0.39 is 57.3 Å². The van der Waals surface area contributed by atoms with Crippen LogP contribution < -0.4 is 18.1 Å². The van der Waals surface area contributed by atoms with E-state index in [1.807, 2.05) is 59.1 Å². The molecule has 4 aliphatic rings. The molecule has 0 radical (unpaired) electrons. The standard InChI is InChI=1S/C127H118F4N4O4S8/c1-9-15-21-27-29-35-41-85-63-94-121(108-60-58-106(143-108)115-113(104(75-132)134-7)88-70-100(128)102(130)72-90(88)117(115)136)145-110(123(94)140-85)66-86-64-98-119(141-86)92-68-97-93(69-96(92)126(98,81-50-42-77(43-51-81)37-31-23-17-11-3)82-52-44-78(45-53-82)38-32-24-18-12-4)120-99(127(97,83-54-46-79(47-55-83)39-33-25-19-13-5)84-56-48-80(49-57-84)40-34-26-20-14-6)65-87(142-120)67-111-124-95(74-112(147-124)125(138)139-62-36-30-28-22-16-10-2)122(146-111)109-61-59-107(144-109)116-114(105(76-133)135-8)89-71-101(129)103(131)73-91(89)118(116)137/h42-61,63-74H,9-41,62H2,1-6H3/b110-66+,111-67+,113-104+,114-105-,115-106+,116-107+,121-108+,122-109+. The van der Waals surface area contributed by atoms with Crippen molar-refractivity contribution in [3.05, 3.63) is 384 Å². The normalized spacial score (nSPS) is 15.7. The quantitative estimate of drug-likeness (QED) is 0.0124. The highest BCUT2D eigenvalue weighted by atomic mass is 32.1. The van der Waals surface area contributed by atoms with E-state index in [2.05, 4.69) is 191 Å². The van der Waals surface area contributed by atoms with Crippen molar-refractivity contribution in [2.45, 2.75) is 264 Å². The van der Waals surface area contributed by atoms with Crippen molar-refractivity contribution in [2.24, 2.45) is 0 Å². The molecular formula is C127H118F4N4O4S8. The van der Waals surface area contributed by atoms with Gasteiger partial charge in [-0.3, -0.25) is 9.59 Å². The number of ether oxygens (including phenoxy) is 1. The summed E-state index contributed by atoms with van der Waals surface area (Å²) < 4.78 is 75.6. The highest BCUT2D eigenvalue weighted by molar-refractivity contribution is 7.25. The van der Waals surface area contributed by atoms with Gasteiger partial charge in [0, 0.05) is 95.8 Å². The van der Waals surface area contributed by atoms with Crippen LogP contribution in [0.5, 0.6) is 0 Å². The van der Waals surface area contributed by atoms with Crippen LogP contribution in [0.4, 0.5) is 17.6 Å². The Morgan fingerprint density at radius 3 is 1.06 bits per heavy atom. The number of unbranched alkanes of at least 4 members (excludes halogenated alkanes) is 22. The summed E-state index contributed by atoms with van der Waals surface area (Å²) >= 11 is 12.9. The molecular weight excluding hydrogens is 1980 g/mol. The maximum atomic E-state index is 15.3. The molecule has 0 fully saturated rings. The highest BCUT2D eigenvalue weighted by Crippen LogP contribution is 2.66. The van der Waals surface area contributed by atoms with E-state index in [1.54, 1.807) is 40.1 Å². The average Bonchev–Trinajstić information content (AvgIpc) is 1.50. The summed E-state index contributed by atoms with van der Waals surface area (Å²) in [7, 11) is 0. The van der Waals surface area contributed by atoms with Crippen LogP contribution in [0.25, 0.3) is 85.2 Å². The zero-order chi connectivity index (χ0) is 102. The number of fused-ring (bicyclic) bond motifs is 10. The molecule has 0 N–H and O–H groups in total. The number of carbonyl (C=O) groups excluding carboxylic acids is 3. The molecule has 0 unspecified atom stereocenters. The number of benzene rings is 7. The van der Waals surface area contributed by atoms with Crippen LogP contribution >= 0.6 is 90.7 Å². The third kappa shape index (κ3) is 20.4. The minimum atomic E-state index is -1.21.